The molecule has 0 aromatic heterocycles. The number of methoxy groups -OCH3 is 1. The van der Waals surface area contributed by atoms with Crippen LogP contribution in [0.2, 0.25) is 5.02 Å². The van der Waals surface area contributed by atoms with Crippen LogP contribution in [0.1, 0.15) is 12.0 Å². The molecule has 1 aromatic carbocycles. The molecule has 72 valence electrons. The zero-order chi connectivity index (χ0) is 9.68. The van der Waals surface area contributed by atoms with Crippen molar-refractivity contribution in [3.63, 3.8) is 0 Å². The number of hydrogen-bond donors (Lipinski definition) is 1. The lowest BCUT2D eigenvalue weighted by Crippen LogP contribution is -2.02. The molecule has 1 aromatic rings. The van der Waals surface area contributed by atoms with Crippen LogP contribution in [0, 0.1) is 0 Å². The Bertz CT molecular complexity index is 276. The second-order valence-corrected chi connectivity index (χ2v) is 3.22. The van der Waals surface area contributed by atoms with E-state index in [0.29, 0.717) is 6.54 Å². The maximum atomic E-state index is 6.02. The molecule has 0 atom stereocenters. The van der Waals surface area contributed by atoms with Gasteiger partial charge in [0.15, 0.2) is 0 Å². The molecular weight excluding hydrogens is 186 g/mol. The van der Waals surface area contributed by atoms with Crippen LogP contribution in [0.5, 0.6) is 5.75 Å². The maximum absolute atomic E-state index is 6.02. The summed E-state index contributed by atoms with van der Waals surface area (Å²) in [4.78, 5) is 0. The van der Waals surface area contributed by atoms with Gasteiger partial charge in [-0.25, -0.2) is 0 Å². The SMILES string of the molecule is COc1cccc(Cl)c1CCCN. The zero-order valence-corrected chi connectivity index (χ0v) is 8.47. The molecule has 3 heteroatoms. The Morgan fingerprint density at radius 2 is 2.23 bits per heavy atom. The fraction of sp³-hybridized carbons (Fsp3) is 0.400. The predicted octanol–water partition coefficient (Wildman–Crippen LogP) is 2.24. The third-order valence-corrected chi connectivity index (χ3v) is 2.28. The van der Waals surface area contributed by atoms with Gasteiger partial charge in [-0.05, 0) is 31.5 Å². The Morgan fingerprint density at radius 3 is 2.85 bits per heavy atom. The lowest BCUT2D eigenvalue weighted by molar-refractivity contribution is 0.409. The fourth-order valence-corrected chi connectivity index (χ4v) is 1.51. The minimum Gasteiger partial charge on any atom is -0.496 e. The molecule has 0 aliphatic carbocycles. The van der Waals surface area contributed by atoms with Crippen molar-refractivity contribution in [2.75, 3.05) is 13.7 Å². The molecule has 2 nitrogen and oxygen atoms in total. The van der Waals surface area contributed by atoms with Crippen molar-refractivity contribution in [2.24, 2.45) is 5.73 Å². The Labute approximate surface area is 83.6 Å². The number of ether oxygens (including phenoxy) is 1. The topological polar surface area (TPSA) is 35.2 Å². The number of benzene rings is 1. The lowest BCUT2D eigenvalue weighted by Gasteiger charge is -2.09. The molecule has 1 rings (SSSR count). The Kier molecular flexibility index (Phi) is 4.06. The molecule has 0 saturated heterocycles. The molecule has 0 aliphatic rings. The normalized spacial score (nSPS) is 10.1. The van der Waals surface area contributed by atoms with E-state index in [1.54, 1.807) is 7.11 Å². The van der Waals surface area contributed by atoms with Gasteiger partial charge < -0.3 is 10.5 Å². The van der Waals surface area contributed by atoms with E-state index in [1.807, 2.05) is 18.2 Å². The van der Waals surface area contributed by atoms with Crippen LogP contribution in [0.4, 0.5) is 0 Å². The van der Waals surface area contributed by atoms with E-state index in [-0.39, 0.29) is 0 Å². The van der Waals surface area contributed by atoms with Gasteiger partial charge in [-0.15, -0.1) is 0 Å². The van der Waals surface area contributed by atoms with Crippen LogP contribution in [-0.4, -0.2) is 13.7 Å². The van der Waals surface area contributed by atoms with Crippen molar-refractivity contribution in [3.05, 3.63) is 28.8 Å². The van der Waals surface area contributed by atoms with E-state index in [1.165, 1.54) is 0 Å². The Balaban J connectivity index is 2.87. The highest BCUT2D eigenvalue weighted by Crippen LogP contribution is 2.27. The minimum atomic E-state index is 0.675. The van der Waals surface area contributed by atoms with Gasteiger partial charge in [-0.1, -0.05) is 17.7 Å². The molecule has 0 heterocycles. The van der Waals surface area contributed by atoms with Gasteiger partial charge in [0.05, 0.1) is 7.11 Å². The summed E-state index contributed by atoms with van der Waals surface area (Å²) in [5.41, 5.74) is 6.49. The van der Waals surface area contributed by atoms with E-state index >= 15 is 0 Å². The second-order valence-electron chi connectivity index (χ2n) is 2.81. The van der Waals surface area contributed by atoms with Gasteiger partial charge in [-0.2, -0.15) is 0 Å². The summed E-state index contributed by atoms with van der Waals surface area (Å²) in [6, 6.07) is 5.67. The summed E-state index contributed by atoms with van der Waals surface area (Å²) in [5.74, 6) is 0.848. The fourth-order valence-electron chi connectivity index (χ4n) is 1.25. The zero-order valence-electron chi connectivity index (χ0n) is 7.72. The molecule has 2 N–H and O–H groups in total. The van der Waals surface area contributed by atoms with Crippen LogP contribution in [0.25, 0.3) is 0 Å². The van der Waals surface area contributed by atoms with Gasteiger partial charge in [0.2, 0.25) is 0 Å². The summed E-state index contributed by atoms with van der Waals surface area (Å²) in [6.45, 7) is 0.675. The first-order valence-electron chi connectivity index (χ1n) is 4.31. The minimum absolute atomic E-state index is 0.675. The van der Waals surface area contributed by atoms with Crippen LogP contribution in [0.15, 0.2) is 18.2 Å². The quantitative estimate of drug-likeness (QED) is 0.808. The Morgan fingerprint density at radius 1 is 1.46 bits per heavy atom. The van der Waals surface area contributed by atoms with Gasteiger partial charge in [0.1, 0.15) is 5.75 Å². The average Bonchev–Trinajstić information content (AvgIpc) is 2.15. The van der Waals surface area contributed by atoms with Crippen molar-refractivity contribution >= 4 is 11.6 Å². The van der Waals surface area contributed by atoms with Crippen molar-refractivity contribution in [1.82, 2.24) is 0 Å². The van der Waals surface area contributed by atoms with E-state index in [0.717, 1.165) is 29.2 Å². The smallest absolute Gasteiger partial charge is 0.123 e. The molecule has 0 radical (unpaired) electrons. The number of nitrogens with two attached hydrogens (primary N) is 1. The van der Waals surface area contributed by atoms with E-state index in [9.17, 15) is 0 Å². The summed E-state index contributed by atoms with van der Waals surface area (Å²) in [7, 11) is 1.65. The molecule has 13 heavy (non-hydrogen) atoms. The predicted molar refractivity (Wildman–Crippen MR) is 55.4 cm³/mol. The largest absolute Gasteiger partial charge is 0.496 e. The van der Waals surface area contributed by atoms with Gasteiger partial charge in [0.25, 0.3) is 0 Å². The van der Waals surface area contributed by atoms with Gasteiger partial charge in [-0.3, -0.25) is 0 Å². The first-order valence-corrected chi connectivity index (χ1v) is 4.69. The van der Waals surface area contributed by atoms with E-state index in [4.69, 9.17) is 22.1 Å². The van der Waals surface area contributed by atoms with Crippen molar-refractivity contribution < 1.29 is 4.74 Å². The van der Waals surface area contributed by atoms with Crippen LogP contribution in [0.3, 0.4) is 0 Å². The van der Waals surface area contributed by atoms with Crippen molar-refractivity contribution in [2.45, 2.75) is 12.8 Å². The molecule has 0 spiro atoms. The highest BCUT2D eigenvalue weighted by Gasteiger charge is 2.05. The van der Waals surface area contributed by atoms with Crippen molar-refractivity contribution in [1.29, 1.82) is 0 Å². The van der Waals surface area contributed by atoms with Crippen LogP contribution < -0.4 is 10.5 Å². The van der Waals surface area contributed by atoms with E-state index < -0.39 is 0 Å². The summed E-state index contributed by atoms with van der Waals surface area (Å²) < 4.78 is 5.20. The lowest BCUT2D eigenvalue weighted by atomic mass is 10.1. The molecular formula is C10H14ClNO. The third-order valence-electron chi connectivity index (χ3n) is 1.93. The van der Waals surface area contributed by atoms with Gasteiger partial charge in [0, 0.05) is 10.6 Å². The molecule has 0 fully saturated rings. The summed E-state index contributed by atoms with van der Waals surface area (Å²) in [6.07, 6.45) is 1.80. The highest BCUT2D eigenvalue weighted by atomic mass is 35.5. The second kappa shape index (κ2) is 5.10. The maximum Gasteiger partial charge on any atom is 0.123 e. The standard InChI is InChI=1S/C10H14ClNO/c1-13-10-6-2-5-9(11)8(10)4-3-7-12/h2,5-6H,3-4,7,12H2,1H3. The third kappa shape index (κ3) is 2.61. The molecule has 0 aliphatic heterocycles. The number of rotatable bonds is 4. The van der Waals surface area contributed by atoms with E-state index in [2.05, 4.69) is 0 Å². The first-order chi connectivity index (χ1) is 6.29. The van der Waals surface area contributed by atoms with Crippen LogP contribution in [-0.2, 0) is 6.42 Å². The summed E-state index contributed by atoms with van der Waals surface area (Å²) >= 11 is 6.02. The number of hydrogen-bond acceptors (Lipinski definition) is 2. The average molecular weight is 200 g/mol. The molecule has 0 bridgehead atoms. The molecule has 0 saturated carbocycles. The highest BCUT2D eigenvalue weighted by molar-refractivity contribution is 6.31. The first kappa shape index (κ1) is 10.4. The Hall–Kier alpha value is -0.730. The van der Waals surface area contributed by atoms with Crippen LogP contribution >= 0.6 is 11.6 Å². The van der Waals surface area contributed by atoms with Crippen molar-refractivity contribution in [3.8, 4) is 5.75 Å². The molecule has 0 amide bonds. The molecule has 0 unspecified atom stereocenters. The monoisotopic (exact) mass is 199 g/mol. The van der Waals surface area contributed by atoms with Gasteiger partial charge >= 0.3 is 0 Å². The number of halogens is 1. The summed E-state index contributed by atoms with van der Waals surface area (Å²) in [5, 5.41) is 0.757.